The Kier molecular flexibility index (Phi) is 5.05. The van der Waals surface area contributed by atoms with E-state index in [0.29, 0.717) is 6.42 Å². The van der Waals surface area contributed by atoms with Crippen LogP contribution in [0.3, 0.4) is 0 Å². The van der Waals surface area contributed by atoms with Crippen LogP contribution in [0.2, 0.25) is 0 Å². The van der Waals surface area contributed by atoms with Crippen LogP contribution in [0.5, 0.6) is 0 Å². The predicted octanol–water partition coefficient (Wildman–Crippen LogP) is 0.797. The number of nitrogens with one attached hydrogen (secondary N) is 1. The zero-order valence-corrected chi connectivity index (χ0v) is 9.66. The van der Waals surface area contributed by atoms with Crippen LogP contribution in [0, 0.1) is 0 Å². The first-order chi connectivity index (χ1) is 7.17. The molecule has 0 aliphatic heterocycles. The van der Waals surface area contributed by atoms with Crippen LogP contribution in [0.15, 0.2) is 0 Å². The van der Waals surface area contributed by atoms with E-state index in [2.05, 4.69) is 5.32 Å². The third kappa shape index (κ3) is 3.80. The van der Waals surface area contributed by atoms with Gasteiger partial charge in [-0.1, -0.05) is 6.92 Å². The highest BCUT2D eigenvalue weighted by molar-refractivity contribution is 5.77. The van der Waals surface area contributed by atoms with Crippen molar-refractivity contribution in [3.63, 3.8) is 0 Å². The first-order valence-electron chi connectivity index (χ1n) is 5.75. The van der Waals surface area contributed by atoms with Crippen LogP contribution < -0.4 is 11.1 Å². The fraction of sp³-hybridized carbons (Fsp3) is 0.909. The molecule has 3 unspecified atom stereocenters. The molecule has 3 atom stereocenters. The van der Waals surface area contributed by atoms with Gasteiger partial charge in [-0.3, -0.25) is 4.79 Å². The molecule has 3 N–H and O–H groups in total. The summed E-state index contributed by atoms with van der Waals surface area (Å²) in [5.74, 6) is 0.0540. The number of carbonyl (C=O) groups is 1. The van der Waals surface area contributed by atoms with Crippen LogP contribution in [0.4, 0.5) is 0 Å². The minimum absolute atomic E-state index is 0.0209. The molecule has 1 amide bonds. The van der Waals surface area contributed by atoms with E-state index in [4.69, 9.17) is 10.5 Å². The zero-order chi connectivity index (χ0) is 11.3. The van der Waals surface area contributed by atoms with Gasteiger partial charge in [-0.2, -0.15) is 0 Å². The van der Waals surface area contributed by atoms with Gasteiger partial charge in [-0.15, -0.1) is 0 Å². The van der Waals surface area contributed by atoms with E-state index in [1.807, 2.05) is 6.92 Å². The molecule has 0 aromatic rings. The normalized spacial score (nSPS) is 27.7. The van der Waals surface area contributed by atoms with Crippen LogP contribution in [0.1, 0.15) is 39.0 Å². The van der Waals surface area contributed by atoms with Crippen LogP contribution >= 0.6 is 0 Å². The molecular formula is C11H22N2O2. The Morgan fingerprint density at radius 1 is 1.60 bits per heavy atom. The number of hydrogen-bond acceptors (Lipinski definition) is 3. The highest BCUT2D eigenvalue weighted by Gasteiger charge is 2.28. The van der Waals surface area contributed by atoms with E-state index in [1.165, 1.54) is 0 Å². The number of methoxy groups -OCH3 is 1. The lowest BCUT2D eigenvalue weighted by molar-refractivity contribution is -0.122. The number of ether oxygens (including phenoxy) is 1. The molecule has 1 aliphatic carbocycles. The molecule has 0 bridgehead atoms. The molecule has 0 heterocycles. The van der Waals surface area contributed by atoms with Crippen molar-refractivity contribution in [1.29, 1.82) is 0 Å². The Bertz CT molecular complexity index is 209. The van der Waals surface area contributed by atoms with Crippen molar-refractivity contribution >= 4 is 5.91 Å². The highest BCUT2D eigenvalue weighted by Crippen LogP contribution is 2.21. The summed E-state index contributed by atoms with van der Waals surface area (Å²) in [5.41, 5.74) is 5.72. The second-order valence-electron chi connectivity index (χ2n) is 4.25. The Balaban J connectivity index is 2.30. The topological polar surface area (TPSA) is 64.4 Å². The van der Waals surface area contributed by atoms with Crippen molar-refractivity contribution in [1.82, 2.24) is 5.32 Å². The standard InChI is InChI=1S/C11H22N2O2/c1-3-8(12)7-11(14)13-9-5-4-6-10(9)15-2/h8-10H,3-7,12H2,1-2H3,(H,13,14). The van der Waals surface area contributed by atoms with E-state index in [0.717, 1.165) is 25.7 Å². The summed E-state index contributed by atoms with van der Waals surface area (Å²) in [4.78, 5) is 11.6. The predicted molar refractivity (Wildman–Crippen MR) is 59.5 cm³/mol. The maximum atomic E-state index is 11.6. The minimum atomic E-state index is -0.0209. The molecule has 4 nitrogen and oxygen atoms in total. The fourth-order valence-electron chi connectivity index (χ4n) is 2.02. The second kappa shape index (κ2) is 6.08. The molecule has 1 fully saturated rings. The van der Waals surface area contributed by atoms with Crippen LogP contribution in [-0.4, -0.2) is 31.2 Å². The second-order valence-corrected chi connectivity index (χ2v) is 4.25. The summed E-state index contributed by atoms with van der Waals surface area (Å²) in [6.45, 7) is 1.99. The molecule has 1 saturated carbocycles. The summed E-state index contributed by atoms with van der Waals surface area (Å²) in [6.07, 6.45) is 4.64. The van der Waals surface area contributed by atoms with Gasteiger partial charge < -0.3 is 15.8 Å². The average Bonchev–Trinajstić information content (AvgIpc) is 2.64. The molecule has 0 aromatic heterocycles. The van der Waals surface area contributed by atoms with Gasteiger partial charge in [-0.25, -0.2) is 0 Å². The SMILES string of the molecule is CCC(N)CC(=O)NC1CCCC1OC. The van der Waals surface area contributed by atoms with E-state index in [1.54, 1.807) is 7.11 Å². The molecule has 1 aliphatic rings. The summed E-state index contributed by atoms with van der Waals surface area (Å²) < 4.78 is 5.31. The summed E-state index contributed by atoms with van der Waals surface area (Å²) in [6, 6.07) is 0.166. The number of nitrogens with two attached hydrogens (primary N) is 1. The molecule has 0 aromatic carbocycles. The van der Waals surface area contributed by atoms with Gasteiger partial charge in [0.1, 0.15) is 0 Å². The Morgan fingerprint density at radius 2 is 2.33 bits per heavy atom. The monoisotopic (exact) mass is 214 g/mol. The lowest BCUT2D eigenvalue weighted by Crippen LogP contribution is -2.42. The molecule has 88 valence electrons. The van der Waals surface area contributed by atoms with E-state index >= 15 is 0 Å². The number of carbonyl (C=O) groups excluding carboxylic acids is 1. The molecule has 4 heteroatoms. The van der Waals surface area contributed by atoms with Gasteiger partial charge in [0, 0.05) is 19.6 Å². The van der Waals surface area contributed by atoms with Crippen molar-refractivity contribution in [2.75, 3.05) is 7.11 Å². The van der Waals surface area contributed by atoms with E-state index < -0.39 is 0 Å². The van der Waals surface area contributed by atoms with Gasteiger partial charge >= 0.3 is 0 Å². The maximum absolute atomic E-state index is 11.6. The van der Waals surface area contributed by atoms with Gasteiger partial charge in [0.2, 0.25) is 5.91 Å². The minimum Gasteiger partial charge on any atom is -0.379 e. The summed E-state index contributed by atoms with van der Waals surface area (Å²) in [7, 11) is 1.70. The summed E-state index contributed by atoms with van der Waals surface area (Å²) >= 11 is 0. The third-order valence-electron chi connectivity index (χ3n) is 3.07. The lowest BCUT2D eigenvalue weighted by atomic mass is 10.1. The quantitative estimate of drug-likeness (QED) is 0.711. The Hall–Kier alpha value is -0.610. The van der Waals surface area contributed by atoms with Gasteiger partial charge in [0.15, 0.2) is 0 Å². The Morgan fingerprint density at radius 3 is 2.93 bits per heavy atom. The van der Waals surface area contributed by atoms with Crippen molar-refractivity contribution in [3.05, 3.63) is 0 Å². The van der Waals surface area contributed by atoms with Gasteiger partial charge in [0.05, 0.1) is 12.1 Å². The number of amides is 1. The van der Waals surface area contributed by atoms with Gasteiger partial charge in [-0.05, 0) is 25.7 Å². The van der Waals surface area contributed by atoms with Crippen molar-refractivity contribution in [3.8, 4) is 0 Å². The Labute approximate surface area is 91.5 Å². The largest absolute Gasteiger partial charge is 0.379 e. The first kappa shape index (κ1) is 12.5. The molecule has 0 spiro atoms. The van der Waals surface area contributed by atoms with Crippen LogP contribution in [0.25, 0.3) is 0 Å². The van der Waals surface area contributed by atoms with E-state index in [-0.39, 0.29) is 24.1 Å². The zero-order valence-electron chi connectivity index (χ0n) is 9.66. The molecule has 0 radical (unpaired) electrons. The third-order valence-corrected chi connectivity index (χ3v) is 3.07. The molecular weight excluding hydrogens is 192 g/mol. The molecule has 15 heavy (non-hydrogen) atoms. The number of hydrogen-bond donors (Lipinski definition) is 2. The average molecular weight is 214 g/mol. The smallest absolute Gasteiger partial charge is 0.221 e. The summed E-state index contributed by atoms with van der Waals surface area (Å²) in [5, 5.41) is 3.00. The number of rotatable bonds is 5. The molecule has 1 rings (SSSR count). The van der Waals surface area contributed by atoms with Crippen LogP contribution in [-0.2, 0) is 9.53 Å². The van der Waals surface area contributed by atoms with Crippen molar-refractivity contribution in [2.24, 2.45) is 5.73 Å². The van der Waals surface area contributed by atoms with Gasteiger partial charge in [0.25, 0.3) is 0 Å². The van der Waals surface area contributed by atoms with Crippen molar-refractivity contribution in [2.45, 2.75) is 57.2 Å². The molecule has 0 saturated heterocycles. The highest BCUT2D eigenvalue weighted by atomic mass is 16.5. The van der Waals surface area contributed by atoms with Crippen molar-refractivity contribution < 1.29 is 9.53 Å². The fourth-order valence-corrected chi connectivity index (χ4v) is 2.02. The first-order valence-corrected chi connectivity index (χ1v) is 5.75. The lowest BCUT2D eigenvalue weighted by Gasteiger charge is -2.20. The maximum Gasteiger partial charge on any atom is 0.221 e. The van der Waals surface area contributed by atoms with E-state index in [9.17, 15) is 4.79 Å².